The molecular weight excluding hydrogens is 773 g/mol. The molecular formula is C58H40N2OS. The first-order valence-electron chi connectivity index (χ1n) is 21.5. The van der Waals surface area contributed by atoms with Crippen LogP contribution in [0.2, 0.25) is 0 Å². The quantitative estimate of drug-likeness (QED) is 0.178. The first-order chi connectivity index (χ1) is 30.2. The van der Waals surface area contributed by atoms with Crippen LogP contribution in [0.5, 0.6) is 0 Å². The van der Waals surface area contributed by atoms with Crippen LogP contribution in [-0.4, -0.2) is 9.97 Å². The number of hydrogen-bond acceptors (Lipinski definition) is 4. The molecule has 3 heterocycles. The summed E-state index contributed by atoms with van der Waals surface area (Å²) in [5, 5.41) is 4.72. The van der Waals surface area contributed by atoms with Gasteiger partial charge in [0.15, 0.2) is 5.82 Å². The number of hydrogen-bond donors (Lipinski definition) is 0. The Morgan fingerprint density at radius 2 is 1.02 bits per heavy atom. The van der Waals surface area contributed by atoms with Crippen molar-refractivity contribution in [2.75, 3.05) is 0 Å². The van der Waals surface area contributed by atoms with Gasteiger partial charge in [0.2, 0.25) is 0 Å². The highest BCUT2D eigenvalue weighted by Crippen LogP contribution is 2.56. The molecule has 0 bridgehead atoms. The number of para-hydroxylation sites is 1. The monoisotopic (exact) mass is 812 g/mol. The number of thiophene rings is 1. The van der Waals surface area contributed by atoms with E-state index >= 15 is 0 Å². The lowest BCUT2D eigenvalue weighted by molar-refractivity contribution is 0.652. The zero-order chi connectivity index (χ0) is 41.5. The van der Waals surface area contributed by atoms with Gasteiger partial charge in [0.25, 0.3) is 0 Å². The first kappa shape index (κ1) is 35.6. The SMILES string of the molecule is CC1(C)c2ccccc2-c2cc3c(cc21)-c1ccc(-c2ccc4sc5c(-c6cc(-c7ccc8c(c7)oc7ccccc78)nc(-c7ccccc7)n6)cccc5c4c2)cc1C3(C)C. The molecule has 0 N–H and O–H groups in total. The molecule has 0 fully saturated rings. The van der Waals surface area contributed by atoms with Crippen LogP contribution in [0, 0.1) is 0 Å². The summed E-state index contributed by atoms with van der Waals surface area (Å²) in [7, 11) is 0. The van der Waals surface area contributed by atoms with E-state index in [1.165, 1.54) is 75.8 Å². The smallest absolute Gasteiger partial charge is 0.160 e. The Morgan fingerprint density at radius 1 is 0.387 bits per heavy atom. The van der Waals surface area contributed by atoms with Gasteiger partial charge in [0.1, 0.15) is 11.2 Å². The van der Waals surface area contributed by atoms with Gasteiger partial charge in [0, 0.05) is 58.5 Å². The summed E-state index contributed by atoms with van der Waals surface area (Å²) in [6.45, 7) is 9.54. The average Bonchev–Trinajstić information content (AvgIpc) is 4.00. The van der Waals surface area contributed by atoms with Gasteiger partial charge in [0.05, 0.1) is 11.4 Å². The predicted molar refractivity (Wildman–Crippen MR) is 259 cm³/mol. The summed E-state index contributed by atoms with van der Waals surface area (Å²) in [4.78, 5) is 10.4. The molecule has 11 aromatic rings. The van der Waals surface area contributed by atoms with Crippen molar-refractivity contribution in [3.63, 3.8) is 0 Å². The molecule has 0 saturated heterocycles. The van der Waals surface area contributed by atoms with E-state index in [2.05, 4.69) is 167 Å². The van der Waals surface area contributed by atoms with Crippen molar-refractivity contribution < 1.29 is 4.42 Å². The third-order valence-electron chi connectivity index (χ3n) is 13.9. The molecule has 4 heteroatoms. The van der Waals surface area contributed by atoms with Gasteiger partial charge in [-0.05, 0) is 110 Å². The second kappa shape index (κ2) is 12.7. The third kappa shape index (κ3) is 5.05. The van der Waals surface area contributed by atoms with Gasteiger partial charge in [-0.2, -0.15) is 0 Å². The maximum Gasteiger partial charge on any atom is 0.160 e. The van der Waals surface area contributed by atoms with Crippen LogP contribution in [0.15, 0.2) is 174 Å². The minimum Gasteiger partial charge on any atom is -0.456 e. The third-order valence-corrected chi connectivity index (χ3v) is 15.1. The van der Waals surface area contributed by atoms with Crippen molar-refractivity contribution in [2.45, 2.75) is 38.5 Å². The standard InChI is InChI=1S/C58H40N2OS/c1-57(2)46-19-10-8-15-37(46)43-30-49-44(31-48(43)57)38-24-21-35(28-47(38)58(49,3)4)34-23-26-54-45(27-34)41-17-12-18-42(55(41)62-54)51-32-50(59-56(60-51)33-13-6-5-7-14-33)36-22-25-40-39-16-9-11-20-52(39)61-53(40)29-36/h5-32H,1-4H3. The summed E-state index contributed by atoms with van der Waals surface area (Å²) in [6, 6.07) is 61.8. The van der Waals surface area contributed by atoms with E-state index in [9.17, 15) is 0 Å². The fraction of sp³-hybridized carbons (Fsp3) is 0.103. The Balaban J connectivity index is 0.913. The minimum atomic E-state index is -0.127. The van der Waals surface area contributed by atoms with Crippen LogP contribution >= 0.6 is 11.3 Å². The van der Waals surface area contributed by atoms with Crippen LogP contribution in [-0.2, 0) is 10.8 Å². The molecule has 294 valence electrons. The zero-order valence-corrected chi connectivity index (χ0v) is 35.7. The molecule has 0 atom stereocenters. The van der Waals surface area contributed by atoms with Gasteiger partial charge in [-0.3, -0.25) is 0 Å². The molecule has 3 aromatic heterocycles. The van der Waals surface area contributed by atoms with Gasteiger partial charge < -0.3 is 4.42 Å². The van der Waals surface area contributed by atoms with Crippen LogP contribution in [0.1, 0.15) is 49.9 Å². The largest absolute Gasteiger partial charge is 0.456 e. The maximum atomic E-state index is 6.31. The molecule has 0 unspecified atom stereocenters. The lowest BCUT2D eigenvalue weighted by Gasteiger charge is -2.24. The molecule has 0 saturated carbocycles. The van der Waals surface area contributed by atoms with Gasteiger partial charge in [-0.1, -0.05) is 143 Å². The van der Waals surface area contributed by atoms with E-state index < -0.39 is 0 Å². The van der Waals surface area contributed by atoms with Gasteiger partial charge in [-0.25, -0.2) is 9.97 Å². The molecule has 3 nitrogen and oxygen atoms in total. The number of aromatic nitrogens is 2. The Bertz CT molecular complexity index is 3700. The average molecular weight is 813 g/mol. The molecule has 2 aliphatic rings. The van der Waals surface area contributed by atoms with Crippen molar-refractivity contribution >= 4 is 53.4 Å². The Hall–Kier alpha value is -7.14. The van der Waals surface area contributed by atoms with E-state index in [1.54, 1.807) is 0 Å². The zero-order valence-electron chi connectivity index (χ0n) is 34.9. The molecule has 0 amide bonds. The Morgan fingerprint density at radius 3 is 1.87 bits per heavy atom. The fourth-order valence-electron chi connectivity index (χ4n) is 10.6. The molecule has 0 spiro atoms. The molecule has 2 aliphatic carbocycles. The predicted octanol–water partition coefficient (Wildman–Crippen LogP) is 16.0. The highest BCUT2D eigenvalue weighted by atomic mass is 32.1. The first-order valence-corrected chi connectivity index (χ1v) is 22.3. The highest BCUT2D eigenvalue weighted by Gasteiger charge is 2.41. The van der Waals surface area contributed by atoms with E-state index in [4.69, 9.17) is 14.4 Å². The van der Waals surface area contributed by atoms with Crippen molar-refractivity contribution in [3.05, 3.63) is 192 Å². The van der Waals surface area contributed by atoms with E-state index in [0.29, 0.717) is 5.82 Å². The number of furan rings is 1. The van der Waals surface area contributed by atoms with Crippen molar-refractivity contribution in [1.82, 2.24) is 9.97 Å². The van der Waals surface area contributed by atoms with Crippen LogP contribution < -0.4 is 0 Å². The molecule has 8 aromatic carbocycles. The minimum absolute atomic E-state index is 0.0303. The fourth-order valence-corrected chi connectivity index (χ4v) is 11.8. The van der Waals surface area contributed by atoms with Crippen molar-refractivity contribution in [2.24, 2.45) is 0 Å². The van der Waals surface area contributed by atoms with Crippen molar-refractivity contribution in [3.8, 4) is 67.3 Å². The number of nitrogens with zero attached hydrogens (tertiary/aromatic N) is 2. The van der Waals surface area contributed by atoms with Crippen LogP contribution in [0.3, 0.4) is 0 Å². The maximum absolute atomic E-state index is 6.31. The normalized spacial score (nSPS) is 14.4. The Kier molecular flexibility index (Phi) is 7.29. The molecule has 13 rings (SSSR count). The number of rotatable bonds is 4. The summed E-state index contributed by atoms with van der Waals surface area (Å²) in [5.41, 5.74) is 20.0. The summed E-state index contributed by atoms with van der Waals surface area (Å²) in [5.74, 6) is 0.697. The van der Waals surface area contributed by atoms with Crippen LogP contribution in [0.4, 0.5) is 0 Å². The van der Waals surface area contributed by atoms with Crippen molar-refractivity contribution in [1.29, 1.82) is 0 Å². The molecule has 62 heavy (non-hydrogen) atoms. The summed E-state index contributed by atoms with van der Waals surface area (Å²) in [6.07, 6.45) is 0. The second-order valence-corrected chi connectivity index (χ2v) is 19.2. The second-order valence-electron chi connectivity index (χ2n) is 18.1. The summed E-state index contributed by atoms with van der Waals surface area (Å²) < 4.78 is 8.80. The van der Waals surface area contributed by atoms with Crippen LogP contribution in [0.25, 0.3) is 109 Å². The summed E-state index contributed by atoms with van der Waals surface area (Å²) >= 11 is 1.84. The topological polar surface area (TPSA) is 38.9 Å². The molecule has 0 aliphatic heterocycles. The van der Waals surface area contributed by atoms with E-state index in [0.717, 1.165) is 50.0 Å². The Labute approximate surface area is 364 Å². The van der Waals surface area contributed by atoms with E-state index in [-0.39, 0.29) is 10.8 Å². The number of benzene rings is 8. The lowest BCUT2D eigenvalue weighted by atomic mass is 9.79. The van der Waals surface area contributed by atoms with E-state index in [1.807, 2.05) is 41.7 Å². The van der Waals surface area contributed by atoms with Gasteiger partial charge in [-0.15, -0.1) is 11.3 Å². The molecule has 0 radical (unpaired) electrons. The highest BCUT2D eigenvalue weighted by molar-refractivity contribution is 7.26. The lowest BCUT2D eigenvalue weighted by Crippen LogP contribution is -2.17. The number of fused-ring (bicyclic) bond motifs is 12. The van der Waals surface area contributed by atoms with Gasteiger partial charge >= 0.3 is 0 Å².